The van der Waals surface area contributed by atoms with Crippen LogP contribution in [0.5, 0.6) is 0 Å². The van der Waals surface area contributed by atoms with Crippen LogP contribution in [0.2, 0.25) is 0 Å². The van der Waals surface area contributed by atoms with Gasteiger partial charge in [-0.05, 0) is 31.4 Å². The molecule has 2 N–H and O–H groups in total. The average Bonchev–Trinajstić information content (AvgIpc) is 3.08. The smallest absolute Gasteiger partial charge is 0.246 e. The lowest BCUT2D eigenvalue weighted by Crippen LogP contribution is -2.46. The molecule has 0 fully saturated rings. The Morgan fingerprint density at radius 1 is 1.33 bits per heavy atom. The number of hydrogen-bond donors (Lipinski definition) is 2. The predicted molar refractivity (Wildman–Crippen MR) is 122 cm³/mol. The molecule has 0 bridgehead atoms. The number of amides is 1. The molecule has 1 aliphatic rings. The molecule has 0 saturated carbocycles. The summed E-state index contributed by atoms with van der Waals surface area (Å²) >= 11 is 1.71. The van der Waals surface area contributed by atoms with Crippen molar-refractivity contribution in [2.45, 2.75) is 26.2 Å². The zero-order valence-corrected chi connectivity index (χ0v) is 18.8. The minimum Gasteiger partial charge on any atom is -0.356 e. The topological polar surface area (TPSA) is 69.6 Å². The third kappa shape index (κ3) is 5.90. The Kier molecular flexibility index (Phi) is 8.49. The summed E-state index contributed by atoms with van der Waals surface area (Å²) in [4.78, 5) is 24.3. The van der Waals surface area contributed by atoms with Gasteiger partial charge < -0.3 is 15.5 Å². The Morgan fingerprint density at radius 3 is 2.89 bits per heavy atom. The van der Waals surface area contributed by atoms with Gasteiger partial charge >= 0.3 is 0 Å². The van der Waals surface area contributed by atoms with Crippen molar-refractivity contribution in [3.05, 3.63) is 45.9 Å². The summed E-state index contributed by atoms with van der Waals surface area (Å²) in [5, 5.41) is 7.46. The van der Waals surface area contributed by atoms with Gasteiger partial charge in [0.15, 0.2) is 5.96 Å². The molecule has 1 aliphatic heterocycles. The number of rotatable bonds is 5. The number of aliphatic imine (C=N–C) groups is 1. The van der Waals surface area contributed by atoms with Gasteiger partial charge in [0.25, 0.3) is 0 Å². The maximum atomic E-state index is 12.7. The molecule has 0 aliphatic carbocycles. The largest absolute Gasteiger partial charge is 0.356 e. The number of carbonyl (C=O) groups excluding carboxylic acids is 1. The molecule has 0 saturated heterocycles. The van der Waals surface area contributed by atoms with E-state index in [0.29, 0.717) is 5.96 Å². The van der Waals surface area contributed by atoms with Crippen molar-refractivity contribution in [2.75, 3.05) is 31.6 Å². The summed E-state index contributed by atoms with van der Waals surface area (Å²) in [7, 11) is 1.71. The number of guanidine groups is 1. The first kappa shape index (κ1) is 21.6. The van der Waals surface area contributed by atoms with E-state index in [9.17, 15) is 4.79 Å². The van der Waals surface area contributed by atoms with Gasteiger partial charge in [-0.15, -0.1) is 35.3 Å². The number of nitrogens with zero attached hydrogens (tertiary/aromatic N) is 3. The second kappa shape index (κ2) is 10.6. The van der Waals surface area contributed by atoms with Crippen LogP contribution in [0.25, 0.3) is 0 Å². The van der Waals surface area contributed by atoms with E-state index in [0.717, 1.165) is 43.0 Å². The first-order valence-corrected chi connectivity index (χ1v) is 9.73. The van der Waals surface area contributed by atoms with Crippen molar-refractivity contribution in [3.63, 3.8) is 0 Å². The van der Waals surface area contributed by atoms with E-state index in [-0.39, 0.29) is 36.4 Å². The van der Waals surface area contributed by atoms with Crippen LogP contribution >= 0.6 is 35.3 Å². The first-order chi connectivity index (χ1) is 12.7. The lowest BCUT2D eigenvalue weighted by Gasteiger charge is -2.29. The number of halogens is 1. The quantitative estimate of drug-likeness (QED) is 0.377. The highest BCUT2D eigenvalue weighted by atomic mass is 127. The molecule has 0 unspecified atom stereocenters. The molecule has 0 atom stereocenters. The van der Waals surface area contributed by atoms with Gasteiger partial charge in [-0.3, -0.25) is 9.79 Å². The van der Waals surface area contributed by atoms with Gasteiger partial charge in [-0.2, -0.15) is 0 Å². The molecule has 1 aromatic heterocycles. The summed E-state index contributed by atoms with van der Waals surface area (Å²) in [5.41, 5.74) is 2.28. The highest BCUT2D eigenvalue weighted by molar-refractivity contribution is 14.0. The number of hydrogen-bond acceptors (Lipinski definition) is 4. The molecule has 0 spiro atoms. The monoisotopic (exact) mass is 499 g/mol. The summed E-state index contributed by atoms with van der Waals surface area (Å²) in [5.74, 6) is 0.701. The van der Waals surface area contributed by atoms with Crippen molar-refractivity contribution < 1.29 is 4.79 Å². The van der Waals surface area contributed by atoms with Crippen LogP contribution in [-0.4, -0.2) is 43.5 Å². The zero-order valence-electron chi connectivity index (χ0n) is 15.7. The summed E-state index contributed by atoms with van der Waals surface area (Å²) < 4.78 is 0. The number of nitrogens with one attached hydrogen (secondary N) is 2. The van der Waals surface area contributed by atoms with E-state index in [1.54, 1.807) is 18.4 Å². The van der Waals surface area contributed by atoms with E-state index < -0.39 is 0 Å². The lowest BCUT2D eigenvalue weighted by molar-refractivity contribution is -0.117. The van der Waals surface area contributed by atoms with E-state index in [1.807, 2.05) is 29.3 Å². The van der Waals surface area contributed by atoms with Crippen molar-refractivity contribution in [1.82, 2.24) is 15.6 Å². The fourth-order valence-electron chi connectivity index (χ4n) is 3.07. The normalized spacial score (nSPS) is 13.6. The number of carbonyl (C=O) groups is 1. The summed E-state index contributed by atoms with van der Waals surface area (Å²) in [6.07, 6.45) is 4.77. The maximum Gasteiger partial charge on any atom is 0.246 e. The standard InChI is InChI=1S/C19H25N5OS.HI/c1-14-12-22-17(26-14)9-10-21-19(20-2)23-13-18(25)24-11-5-7-15-6-3-4-8-16(15)24;/h3-4,6,8,12H,5,7,9-11,13H2,1-2H3,(H2,20,21,23);1H. The number of aryl methyl sites for hydroxylation is 2. The molecule has 3 rings (SSSR count). The van der Waals surface area contributed by atoms with Crippen LogP contribution in [0.1, 0.15) is 21.9 Å². The highest BCUT2D eigenvalue weighted by Crippen LogP contribution is 2.26. The van der Waals surface area contributed by atoms with Gasteiger partial charge in [-0.25, -0.2) is 4.98 Å². The molecule has 6 nitrogen and oxygen atoms in total. The van der Waals surface area contributed by atoms with Crippen LogP contribution in [0, 0.1) is 6.92 Å². The van der Waals surface area contributed by atoms with Gasteiger partial charge in [0, 0.05) is 43.3 Å². The van der Waals surface area contributed by atoms with Crippen LogP contribution in [-0.2, 0) is 17.6 Å². The Labute approximate surface area is 181 Å². The van der Waals surface area contributed by atoms with Crippen LogP contribution < -0.4 is 15.5 Å². The number of anilines is 1. The molecule has 0 radical (unpaired) electrons. The van der Waals surface area contributed by atoms with Crippen molar-refractivity contribution in [1.29, 1.82) is 0 Å². The lowest BCUT2D eigenvalue weighted by atomic mass is 10.0. The summed E-state index contributed by atoms with van der Waals surface area (Å²) in [6.45, 7) is 3.78. The van der Waals surface area contributed by atoms with Crippen LogP contribution in [0.15, 0.2) is 35.5 Å². The molecule has 2 aromatic rings. The molecule has 27 heavy (non-hydrogen) atoms. The molecule has 1 aromatic carbocycles. The number of benzene rings is 1. The molecule has 146 valence electrons. The third-order valence-electron chi connectivity index (χ3n) is 4.34. The third-order valence-corrected chi connectivity index (χ3v) is 5.31. The number of para-hydroxylation sites is 1. The minimum atomic E-state index is 0. The zero-order chi connectivity index (χ0) is 18.4. The SMILES string of the molecule is CN=C(NCCc1ncc(C)s1)NCC(=O)N1CCCc2ccccc21.I. The Hall–Kier alpha value is -1.68. The van der Waals surface area contributed by atoms with Crippen LogP contribution in [0.4, 0.5) is 5.69 Å². The number of aromatic nitrogens is 1. The minimum absolute atomic E-state index is 0. The fraction of sp³-hybridized carbons (Fsp3) is 0.421. The van der Waals surface area contributed by atoms with E-state index in [1.165, 1.54) is 10.4 Å². The van der Waals surface area contributed by atoms with E-state index in [4.69, 9.17) is 0 Å². The number of fused-ring (bicyclic) bond motifs is 1. The van der Waals surface area contributed by atoms with Crippen molar-refractivity contribution in [2.24, 2.45) is 4.99 Å². The molecule has 1 amide bonds. The first-order valence-electron chi connectivity index (χ1n) is 8.91. The fourth-order valence-corrected chi connectivity index (χ4v) is 3.86. The second-order valence-electron chi connectivity index (χ2n) is 6.24. The van der Waals surface area contributed by atoms with Crippen molar-refractivity contribution >= 4 is 52.9 Å². The second-order valence-corrected chi connectivity index (χ2v) is 7.56. The molecular formula is C19H26IN5OS. The molecular weight excluding hydrogens is 473 g/mol. The average molecular weight is 499 g/mol. The Bertz CT molecular complexity index is 792. The Morgan fingerprint density at radius 2 is 2.15 bits per heavy atom. The van der Waals surface area contributed by atoms with E-state index >= 15 is 0 Å². The van der Waals surface area contributed by atoms with E-state index in [2.05, 4.69) is 33.6 Å². The Balaban J connectivity index is 0.00000261. The van der Waals surface area contributed by atoms with Gasteiger partial charge in [0.2, 0.25) is 5.91 Å². The number of thiazole rings is 1. The van der Waals surface area contributed by atoms with Crippen molar-refractivity contribution in [3.8, 4) is 0 Å². The summed E-state index contributed by atoms with van der Waals surface area (Å²) in [6, 6.07) is 8.14. The highest BCUT2D eigenvalue weighted by Gasteiger charge is 2.21. The maximum absolute atomic E-state index is 12.7. The molecule has 2 heterocycles. The predicted octanol–water partition coefficient (Wildman–Crippen LogP) is 2.76. The molecule has 8 heteroatoms. The van der Waals surface area contributed by atoms with Gasteiger partial charge in [0.1, 0.15) is 0 Å². The van der Waals surface area contributed by atoms with Crippen LogP contribution in [0.3, 0.4) is 0 Å². The van der Waals surface area contributed by atoms with Gasteiger partial charge in [0.05, 0.1) is 11.6 Å². The van der Waals surface area contributed by atoms with Gasteiger partial charge in [-0.1, -0.05) is 18.2 Å².